The highest BCUT2D eigenvalue weighted by Gasteiger charge is 2.46. The second-order valence-corrected chi connectivity index (χ2v) is 4.55. The largest absolute Gasteiger partial charge is 0.445 e. The topological polar surface area (TPSA) is 29.5 Å². The summed E-state index contributed by atoms with van der Waals surface area (Å²) in [5.41, 5.74) is -0.724. The Kier molecular flexibility index (Phi) is 3.41. The van der Waals surface area contributed by atoms with Crippen LogP contribution in [0.2, 0.25) is 0 Å². The van der Waals surface area contributed by atoms with E-state index in [4.69, 9.17) is 11.2 Å². The predicted molar refractivity (Wildman–Crippen MR) is 59.2 cm³/mol. The van der Waals surface area contributed by atoms with Gasteiger partial charge in [0.2, 0.25) is 0 Å². The van der Waals surface area contributed by atoms with Crippen LogP contribution in [-0.2, 0) is 9.53 Å². The van der Waals surface area contributed by atoms with Crippen LogP contribution in [0.1, 0.15) is 20.8 Å². The molecule has 3 heteroatoms. The Morgan fingerprint density at radius 2 is 1.93 bits per heavy atom. The second kappa shape index (κ2) is 4.24. The summed E-state index contributed by atoms with van der Waals surface area (Å²) in [7, 11) is 2.06. The minimum Gasteiger partial charge on any atom is -0.445 e. The van der Waals surface area contributed by atoms with Crippen LogP contribution in [-0.4, -0.2) is 36.6 Å². The molecule has 0 aromatic heterocycles. The summed E-state index contributed by atoms with van der Waals surface area (Å²) in [6, 6.07) is 0. The summed E-state index contributed by atoms with van der Waals surface area (Å²) >= 11 is 0. The van der Waals surface area contributed by atoms with Crippen LogP contribution < -0.4 is 0 Å². The lowest BCUT2D eigenvalue weighted by molar-refractivity contribution is -0.166. The highest BCUT2D eigenvalue weighted by Crippen LogP contribution is 2.35. The number of hydrogen-bond acceptors (Lipinski definition) is 3. The molecule has 0 spiro atoms. The molecule has 1 heterocycles. The molecule has 84 valence electrons. The lowest BCUT2D eigenvalue weighted by atomic mass is 9.75. The van der Waals surface area contributed by atoms with Crippen molar-refractivity contribution >= 4 is 5.97 Å². The first-order chi connectivity index (χ1) is 6.92. The monoisotopic (exact) mass is 209 g/mol. The molecule has 1 saturated heterocycles. The molecule has 0 unspecified atom stereocenters. The van der Waals surface area contributed by atoms with Crippen LogP contribution in [0.25, 0.3) is 0 Å². The van der Waals surface area contributed by atoms with Gasteiger partial charge in [-0.05, 0) is 7.05 Å². The Morgan fingerprint density at radius 3 is 2.27 bits per heavy atom. The van der Waals surface area contributed by atoms with E-state index in [1.807, 2.05) is 13.8 Å². The number of piperidine rings is 1. The van der Waals surface area contributed by atoms with Gasteiger partial charge in [-0.15, -0.1) is 6.42 Å². The zero-order chi connectivity index (χ0) is 11.6. The van der Waals surface area contributed by atoms with Crippen LogP contribution in [0, 0.1) is 24.2 Å². The predicted octanol–water partition coefficient (Wildman–Crippen LogP) is 1.14. The molecule has 15 heavy (non-hydrogen) atoms. The fourth-order valence-corrected chi connectivity index (χ4v) is 2.52. The van der Waals surface area contributed by atoms with Crippen molar-refractivity contribution in [2.75, 3.05) is 20.1 Å². The van der Waals surface area contributed by atoms with Crippen molar-refractivity contribution in [1.82, 2.24) is 4.90 Å². The highest BCUT2D eigenvalue weighted by molar-refractivity contribution is 5.67. The van der Waals surface area contributed by atoms with E-state index in [0.29, 0.717) is 0 Å². The van der Waals surface area contributed by atoms with Crippen LogP contribution in [0.5, 0.6) is 0 Å². The zero-order valence-electron chi connectivity index (χ0n) is 9.91. The van der Waals surface area contributed by atoms with Crippen molar-refractivity contribution in [3.63, 3.8) is 0 Å². The Labute approximate surface area is 91.8 Å². The molecule has 0 aromatic carbocycles. The van der Waals surface area contributed by atoms with Crippen LogP contribution in [0.3, 0.4) is 0 Å². The summed E-state index contributed by atoms with van der Waals surface area (Å²) in [5, 5.41) is 0. The summed E-state index contributed by atoms with van der Waals surface area (Å²) in [6.07, 6.45) is 5.57. The smallest absolute Gasteiger partial charge is 0.304 e. The lowest BCUT2D eigenvalue weighted by Gasteiger charge is -2.45. The van der Waals surface area contributed by atoms with Crippen molar-refractivity contribution in [2.45, 2.75) is 26.4 Å². The number of terminal acetylenes is 1. The molecule has 0 amide bonds. The standard InChI is InChI=1S/C12H19NO2/c1-6-12(15-11(4)14)9(2)7-13(5)8-10(12)3/h1,9-10H,7-8H2,2-5H3/t9-,10-/m1/s1. The Bertz CT molecular complexity index is 280. The van der Waals surface area contributed by atoms with E-state index in [1.54, 1.807) is 0 Å². The van der Waals surface area contributed by atoms with Gasteiger partial charge in [0.15, 0.2) is 5.60 Å². The first-order valence-electron chi connectivity index (χ1n) is 5.28. The first-order valence-corrected chi connectivity index (χ1v) is 5.28. The van der Waals surface area contributed by atoms with Crippen molar-refractivity contribution in [3.8, 4) is 12.3 Å². The molecule has 0 saturated carbocycles. The van der Waals surface area contributed by atoms with Gasteiger partial charge in [-0.1, -0.05) is 19.8 Å². The normalized spacial score (nSPS) is 30.6. The van der Waals surface area contributed by atoms with Gasteiger partial charge in [-0.25, -0.2) is 0 Å². The van der Waals surface area contributed by atoms with E-state index >= 15 is 0 Å². The van der Waals surface area contributed by atoms with Gasteiger partial charge in [-0.2, -0.15) is 0 Å². The fraction of sp³-hybridized carbons (Fsp3) is 0.750. The Balaban J connectivity index is 2.95. The molecule has 0 radical (unpaired) electrons. The summed E-state index contributed by atoms with van der Waals surface area (Å²) in [5.74, 6) is 2.74. The molecule has 0 aromatic rings. The van der Waals surface area contributed by atoms with Crippen molar-refractivity contribution < 1.29 is 9.53 Å². The molecule has 0 bridgehead atoms. The average molecular weight is 209 g/mol. The summed E-state index contributed by atoms with van der Waals surface area (Å²) in [4.78, 5) is 13.3. The lowest BCUT2D eigenvalue weighted by Crippen LogP contribution is -2.56. The Morgan fingerprint density at radius 1 is 1.47 bits per heavy atom. The van der Waals surface area contributed by atoms with Gasteiger partial charge in [0.1, 0.15) is 0 Å². The minimum absolute atomic E-state index is 0.167. The first kappa shape index (κ1) is 12.1. The fourth-order valence-electron chi connectivity index (χ4n) is 2.52. The van der Waals surface area contributed by atoms with Gasteiger partial charge in [0.25, 0.3) is 0 Å². The van der Waals surface area contributed by atoms with Gasteiger partial charge in [-0.3, -0.25) is 4.79 Å². The SMILES string of the molecule is C#CC1(OC(C)=O)[C@H](C)CN(C)C[C@H]1C. The van der Waals surface area contributed by atoms with Crippen molar-refractivity contribution in [2.24, 2.45) is 11.8 Å². The maximum Gasteiger partial charge on any atom is 0.304 e. The number of carbonyl (C=O) groups excluding carboxylic acids is 1. The molecule has 0 aliphatic carbocycles. The van der Waals surface area contributed by atoms with Crippen LogP contribution in [0.4, 0.5) is 0 Å². The van der Waals surface area contributed by atoms with E-state index in [9.17, 15) is 4.79 Å². The number of carbonyl (C=O) groups is 1. The number of hydrogen-bond donors (Lipinski definition) is 0. The van der Waals surface area contributed by atoms with Gasteiger partial charge < -0.3 is 9.64 Å². The molecule has 1 aliphatic rings. The molecule has 3 nitrogen and oxygen atoms in total. The average Bonchev–Trinajstić information content (AvgIpc) is 2.11. The molecule has 1 rings (SSSR count). The van der Waals surface area contributed by atoms with Gasteiger partial charge in [0, 0.05) is 31.8 Å². The third-order valence-electron chi connectivity index (χ3n) is 3.17. The van der Waals surface area contributed by atoms with E-state index < -0.39 is 5.60 Å². The third kappa shape index (κ3) is 2.15. The summed E-state index contributed by atoms with van der Waals surface area (Å²) in [6.45, 7) is 7.21. The van der Waals surface area contributed by atoms with Gasteiger partial charge in [0.05, 0.1) is 0 Å². The number of ether oxygens (including phenoxy) is 1. The number of nitrogens with zero attached hydrogens (tertiary/aromatic N) is 1. The molecular formula is C12H19NO2. The second-order valence-electron chi connectivity index (χ2n) is 4.55. The number of likely N-dealkylation sites (tertiary alicyclic amines) is 1. The molecular weight excluding hydrogens is 190 g/mol. The van der Waals surface area contributed by atoms with Crippen LogP contribution in [0.15, 0.2) is 0 Å². The molecule has 0 N–H and O–H groups in total. The quantitative estimate of drug-likeness (QED) is 0.479. The molecule has 2 atom stereocenters. The van der Waals surface area contributed by atoms with Crippen molar-refractivity contribution in [3.05, 3.63) is 0 Å². The summed E-state index contributed by atoms with van der Waals surface area (Å²) < 4.78 is 5.40. The van der Waals surface area contributed by atoms with E-state index in [0.717, 1.165) is 13.1 Å². The number of esters is 1. The minimum atomic E-state index is -0.724. The molecule has 1 fully saturated rings. The van der Waals surface area contributed by atoms with E-state index in [2.05, 4.69) is 17.9 Å². The molecule has 1 aliphatic heterocycles. The number of rotatable bonds is 1. The van der Waals surface area contributed by atoms with E-state index in [-0.39, 0.29) is 17.8 Å². The maximum atomic E-state index is 11.1. The van der Waals surface area contributed by atoms with Gasteiger partial charge >= 0.3 is 5.97 Å². The van der Waals surface area contributed by atoms with Crippen LogP contribution >= 0.6 is 0 Å². The Hall–Kier alpha value is -1.01. The third-order valence-corrected chi connectivity index (χ3v) is 3.17. The maximum absolute atomic E-state index is 11.1. The zero-order valence-corrected chi connectivity index (χ0v) is 9.91. The van der Waals surface area contributed by atoms with E-state index in [1.165, 1.54) is 6.92 Å². The highest BCUT2D eigenvalue weighted by atomic mass is 16.6. The van der Waals surface area contributed by atoms with Crippen molar-refractivity contribution in [1.29, 1.82) is 0 Å².